The maximum Gasteiger partial charge on any atom is 0.240 e. The number of methoxy groups -OCH3 is 1. The van der Waals surface area contributed by atoms with Crippen molar-refractivity contribution in [3.05, 3.63) is 59.0 Å². The van der Waals surface area contributed by atoms with Crippen LogP contribution in [0.3, 0.4) is 0 Å². The van der Waals surface area contributed by atoms with E-state index >= 15 is 0 Å². The molecule has 0 aliphatic carbocycles. The fourth-order valence-corrected chi connectivity index (χ4v) is 5.58. The SMILES string of the molecule is CCCCCc1ccc(S(=O)(=O)NCCc2sc(NC(=O)CC)nc2-c2ccc(OC)cc2)cc1. The molecule has 0 bridgehead atoms. The third-order valence-electron chi connectivity index (χ3n) is 5.58. The van der Waals surface area contributed by atoms with Crippen LogP contribution in [-0.4, -0.2) is 33.0 Å². The summed E-state index contributed by atoms with van der Waals surface area (Å²) in [5.74, 6) is 0.611. The van der Waals surface area contributed by atoms with Crippen LogP contribution in [0.1, 0.15) is 50.0 Å². The van der Waals surface area contributed by atoms with Gasteiger partial charge in [0.1, 0.15) is 5.75 Å². The van der Waals surface area contributed by atoms with Crippen molar-refractivity contribution in [2.75, 3.05) is 19.0 Å². The second-order valence-electron chi connectivity index (χ2n) is 8.17. The van der Waals surface area contributed by atoms with Gasteiger partial charge in [0.15, 0.2) is 5.13 Å². The normalized spacial score (nSPS) is 11.4. The summed E-state index contributed by atoms with van der Waals surface area (Å²) in [5.41, 5.74) is 2.74. The number of aromatic nitrogens is 1. The molecule has 0 spiro atoms. The first kappa shape index (κ1) is 26.8. The summed E-state index contributed by atoms with van der Waals surface area (Å²) in [7, 11) is -2.02. The molecule has 1 amide bonds. The number of benzene rings is 2. The van der Waals surface area contributed by atoms with Gasteiger partial charge in [0.25, 0.3) is 0 Å². The topological polar surface area (TPSA) is 97.4 Å². The van der Waals surface area contributed by atoms with Crippen molar-refractivity contribution in [3.63, 3.8) is 0 Å². The first-order chi connectivity index (χ1) is 16.9. The first-order valence-corrected chi connectivity index (χ1v) is 14.2. The minimum absolute atomic E-state index is 0.120. The Morgan fingerprint density at radius 3 is 2.34 bits per heavy atom. The third kappa shape index (κ3) is 7.62. The number of ether oxygens (including phenoxy) is 1. The molecular weight excluding hydrogens is 482 g/mol. The molecule has 0 fully saturated rings. The Balaban J connectivity index is 1.71. The predicted molar refractivity (Wildman–Crippen MR) is 142 cm³/mol. The Morgan fingerprint density at radius 2 is 1.71 bits per heavy atom. The molecule has 0 saturated carbocycles. The Bertz CT molecular complexity index is 1200. The number of hydrogen-bond donors (Lipinski definition) is 2. The molecule has 0 unspecified atom stereocenters. The number of nitrogens with zero attached hydrogens (tertiary/aromatic N) is 1. The number of carbonyl (C=O) groups excluding carboxylic acids is 1. The molecule has 2 N–H and O–H groups in total. The summed E-state index contributed by atoms with van der Waals surface area (Å²) in [6.07, 6.45) is 5.18. The summed E-state index contributed by atoms with van der Waals surface area (Å²) in [6.45, 7) is 4.16. The number of amides is 1. The number of sulfonamides is 1. The van der Waals surface area contributed by atoms with Gasteiger partial charge in [-0.2, -0.15) is 0 Å². The van der Waals surface area contributed by atoms with E-state index in [2.05, 4.69) is 21.9 Å². The maximum absolute atomic E-state index is 12.8. The summed E-state index contributed by atoms with van der Waals surface area (Å²) in [6, 6.07) is 14.6. The molecule has 3 aromatic rings. The van der Waals surface area contributed by atoms with E-state index in [1.807, 2.05) is 36.4 Å². The number of aryl methyl sites for hydroxylation is 1. The fourth-order valence-electron chi connectivity index (χ4n) is 3.55. The minimum Gasteiger partial charge on any atom is -0.497 e. The van der Waals surface area contributed by atoms with E-state index in [0.29, 0.717) is 18.0 Å². The van der Waals surface area contributed by atoms with Crippen LogP contribution >= 0.6 is 11.3 Å². The molecule has 0 aliphatic rings. The number of unbranched alkanes of at least 4 members (excludes halogenated alkanes) is 2. The number of thiazole rings is 1. The second-order valence-corrected chi connectivity index (χ2v) is 11.0. The van der Waals surface area contributed by atoms with Gasteiger partial charge >= 0.3 is 0 Å². The van der Waals surface area contributed by atoms with Gasteiger partial charge in [-0.05, 0) is 61.2 Å². The molecule has 188 valence electrons. The van der Waals surface area contributed by atoms with Gasteiger partial charge in [-0.1, -0.05) is 38.8 Å². The highest BCUT2D eigenvalue weighted by Crippen LogP contribution is 2.32. The zero-order chi connectivity index (χ0) is 25.3. The van der Waals surface area contributed by atoms with Gasteiger partial charge in [-0.3, -0.25) is 4.79 Å². The molecule has 0 atom stereocenters. The monoisotopic (exact) mass is 515 g/mol. The predicted octanol–water partition coefficient (Wildman–Crippen LogP) is 5.42. The molecule has 1 heterocycles. The summed E-state index contributed by atoms with van der Waals surface area (Å²) in [4.78, 5) is 17.6. The maximum atomic E-state index is 12.8. The quantitative estimate of drug-likeness (QED) is 0.296. The molecule has 9 heteroatoms. The second kappa shape index (κ2) is 12.8. The fraction of sp³-hybridized carbons (Fsp3) is 0.385. The molecular formula is C26H33N3O4S2. The smallest absolute Gasteiger partial charge is 0.240 e. The van der Waals surface area contributed by atoms with E-state index in [1.165, 1.54) is 17.8 Å². The molecule has 0 aliphatic heterocycles. The van der Waals surface area contributed by atoms with Crippen molar-refractivity contribution in [1.82, 2.24) is 9.71 Å². The van der Waals surface area contributed by atoms with E-state index in [9.17, 15) is 13.2 Å². The van der Waals surface area contributed by atoms with Crippen molar-refractivity contribution < 1.29 is 17.9 Å². The Hall–Kier alpha value is -2.75. The highest BCUT2D eigenvalue weighted by molar-refractivity contribution is 7.89. The Morgan fingerprint density at radius 1 is 1.00 bits per heavy atom. The van der Waals surface area contributed by atoms with Crippen molar-refractivity contribution in [3.8, 4) is 17.0 Å². The van der Waals surface area contributed by atoms with Crippen molar-refractivity contribution in [2.24, 2.45) is 0 Å². The van der Waals surface area contributed by atoms with Crippen LogP contribution in [0.15, 0.2) is 53.4 Å². The van der Waals surface area contributed by atoms with E-state index in [1.54, 1.807) is 26.2 Å². The molecule has 0 saturated heterocycles. The van der Waals surface area contributed by atoms with Crippen molar-refractivity contribution >= 4 is 32.4 Å². The summed E-state index contributed by atoms with van der Waals surface area (Å²) in [5, 5.41) is 3.31. The van der Waals surface area contributed by atoms with Crippen LogP contribution in [0, 0.1) is 0 Å². The van der Waals surface area contributed by atoms with Crippen LogP contribution in [0.25, 0.3) is 11.3 Å². The van der Waals surface area contributed by atoms with Crippen LogP contribution in [-0.2, 0) is 27.7 Å². The zero-order valence-corrected chi connectivity index (χ0v) is 22.1. The number of anilines is 1. The largest absolute Gasteiger partial charge is 0.497 e. The average Bonchev–Trinajstić information content (AvgIpc) is 3.26. The Labute approximate surface area is 212 Å². The third-order valence-corrected chi connectivity index (χ3v) is 8.08. The molecule has 2 aromatic carbocycles. The van der Waals surface area contributed by atoms with Gasteiger partial charge < -0.3 is 10.1 Å². The van der Waals surface area contributed by atoms with Crippen molar-refractivity contribution in [2.45, 2.75) is 57.3 Å². The Kier molecular flexibility index (Phi) is 9.83. The van der Waals surface area contributed by atoms with Gasteiger partial charge in [0, 0.05) is 23.4 Å². The number of carbonyl (C=O) groups is 1. The summed E-state index contributed by atoms with van der Waals surface area (Å²) >= 11 is 1.36. The van der Waals surface area contributed by atoms with E-state index in [4.69, 9.17) is 4.74 Å². The van der Waals surface area contributed by atoms with Crippen LogP contribution in [0.2, 0.25) is 0 Å². The molecule has 1 aromatic heterocycles. The highest BCUT2D eigenvalue weighted by Gasteiger charge is 2.17. The van der Waals surface area contributed by atoms with Crippen LogP contribution in [0.4, 0.5) is 5.13 Å². The number of hydrogen-bond acceptors (Lipinski definition) is 6. The standard InChI is InChI=1S/C26H33N3O4S2/c1-4-6-7-8-19-9-15-22(16-10-19)35(31,32)27-18-17-23-25(20-11-13-21(33-3)14-12-20)29-26(34-23)28-24(30)5-2/h9-16,27H,4-8,17-18H2,1-3H3,(H,28,29,30). The minimum atomic E-state index is -3.63. The van der Waals surface area contributed by atoms with Gasteiger partial charge in [-0.25, -0.2) is 18.1 Å². The van der Waals surface area contributed by atoms with Gasteiger partial charge in [0.2, 0.25) is 15.9 Å². The molecule has 0 radical (unpaired) electrons. The molecule has 35 heavy (non-hydrogen) atoms. The lowest BCUT2D eigenvalue weighted by Crippen LogP contribution is -2.25. The number of rotatable bonds is 13. The first-order valence-electron chi connectivity index (χ1n) is 11.9. The van der Waals surface area contributed by atoms with Crippen LogP contribution < -0.4 is 14.8 Å². The summed E-state index contributed by atoms with van der Waals surface area (Å²) < 4.78 is 33.6. The van der Waals surface area contributed by atoms with Gasteiger partial charge in [0.05, 0.1) is 17.7 Å². The number of nitrogens with one attached hydrogen (secondary N) is 2. The van der Waals surface area contributed by atoms with Gasteiger partial charge in [-0.15, -0.1) is 11.3 Å². The lowest BCUT2D eigenvalue weighted by Gasteiger charge is -2.08. The van der Waals surface area contributed by atoms with Crippen molar-refractivity contribution in [1.29, 1.82) is 0 Å². The zero-order valence-electron chi connectivity index (χ0n) is 20.5. The van der Waals surface area contributed by atoms with E-state index in [-0.39, 0.29) is 17.3 Å². The molecule has 3 rings (SSSR count). The van der Waals surface area contributed by atoms with E-state index < -0.39 is 10.0 Å². The van der Waals surface area contributed by atoms with E-state index in [0.717, 1.165) is 46.7 Å². The lowest BCUT2D eigenvalue weighted by atomic mass is 10.1. The lowest BCUT2D eigenvalue weighted by molar-refractivity contribution is -0.115. The highest BCUT2D eigenvalue weighted by atomic mass is 32.2. The average molecular weight is 516 g/mol. The van der Waals surface area contributed by atoms with Crippen LogP contribution in [0.5, 0.6) is 5.75 Å². The molecule has 7 nitrogen and oxygen atoms in total.